The number of hydrogen-bond acceptors (Lipinski definition) is 1. The third-order valence-electron chi connectivity index (χ3n) is 3.58. The molecular formula is C22H19N. The Morgan fingerprint density at radius 1 is 0.696 bits per heavy atom. The fourth-order valence-corrected chi connectivity index (χ4v) is 2.35. The summed E-state index contributed by atoms with van der Waals surface area (Å²) in [6, 6.07) is 30.9. The third kappa shape index (κ3) is 4.52. The van der Waals surface area contributed by atoms with E-state index in [4.69, 9.17) is 4.99 Å². The van der Waals surface area contributed by atoms with Gasteiger partial charge in [0.05, 0.1) is 12.3 Å². The summed E-state index contributed by atoms with van der Waals surface area (Å²) in [6.07, 6.45) is 4.20. The summed E-state index contributed by atoms with van der Waals surface area (Å²) < 4.78 is 0. The number of allylic oxidation sites excluding steroid dienone is 1. The first-order chi connectivity index (χ1) is 11.4. The lowest BCUT2D eigenvalue weighted by atomic mass is 10.1. The van der Waals surface area contributed by atoms with E-state index in [0.717, 1.165) is 11.3 Å². The Morgan fingerprint density at radius 2 is 1.26 bits per heavy atom. The molecule has 112 valence electrons. The van der Waals surface area contributed by atoms with E-state index >= 15 is 0 Å². The van der Waals surface area contributed by atoms with Gasteiger partial charge in [0.2, 0.25) is 0 Å². The largest absolute Gasteiger partial charge is 0.280 e. The molecule has 0 aromatic heterocycles. The Morgan fingerprint density at radius 3 is 1.91 bits per heavy atom. The van der Waals surface area contributed by atoms with Crippen LogP contribution in [0.4, 0.5) is 0 Å². The van der Waals surface area contributed by atoms with Crippen molar-refractivity contribution >= 4 is 11.8 Å². The molecule has 0 amide bonds. The van der Waals surface area contributed by atoms with Gasteiger partial charge in [-0.05, 0) is 22.8 Å². The number of nitrogens with zero attached hydrogens (tertiary/aromatic N) is 1. The quantitative estimate of drug-likeness (QED) is 0.560. The van der Waals surface area contributed by atoms with Crippen molar-refractivity contribution in [1.82, 2.24) is 0 Å². The highest BCUT2D eigenvalue weighted by Crippen LogP contribution is 2.09. The van der Waals surface area contributed by atoms with Gasteiger partial charge in [-0.15, -0.1) is 0 Å². The SMILES string of the molecule is C(=C\c1ccccc1)/C(=NCc1ccccc1)c1ccccc1. The lowest BCUT2D eigenvalue weighted by molar-refractivity contribution is 1.07. The Labute approximate surface area is 137 Å². The molecule has 0 saturated carbocycles. The molecule has 0 fully saturated rings. The highest BCUT2D eigenvalue weighted by molar-refractivity contribution is 6.10. The minimum absolute atomic E-state index is 0.685. The van der Waals surface area contributed by atoms with Gasteiger partial charge in [-0.2, -0.15) is 0 Å². The predicted molar refractivity (Wildman–Crippen MR) is 98.6 cm³/mol. The average Bonchev–Trinajstić information content (AvgIpc) is 2.64. The molecule has 0 unspecified atom stereocenters. The van der Waals surface area contributed by atoms with Gasteiger partial charge >= 0.3 is 0 Å². The van der Waals surface area contributed by atoms with Crippen molar-refractivity contribution in [1.29, 1.82) is 0 Å². The van der Waals surface area contributed by atoms with Gasteiger partial charge in [-0.3, -0.25) is 4.99 Å². The topological polar surface area (TPSA) is 12.4 Å². The van der Waals surface area contributed by atoms with Crippen LogP contribution in [0.25, 0.3) is 6.08 Å². The summed E-state index contributed by atoms with van der Waals surface area (Å²) in [5.41, 5.74) is 4.53. The van der Waals surface area contributed by atoms with Gasteiger partial charge in [-0.25, -0.2) is 0 Å². The molecule has 3 aromatic carbocycles. The van der Waals surface area contributed by atoms with Gasteiger partial charge in [0.15, 0.2) is 0 Å². The van der Waals surface area contributed by atoms with E-state index in [0.29, 0.717) is 6.54 Å². The van der Waals surface area contributed by atoms with Crippen molar-refractivity contribution < 1.29 is 0 Å². The van der Waals surface area contributed by atoms with Crippen molar-refractivity contribution in [2.24, 2.45) is 4.99 Å². The van der Waals surface area contributed by atoms with Crippen LogP contribution < -0.4 is 0 Å². The number of rotatable bonds is 5. The van der Waals surface area contributed by atoms with Gasteiger partial charge in [-0.1, -0.05) is 97.1 Å². The van der Waals surface area contributed by atoms with Gasteiger partial charge in [0.1, 0.15) is 0 Å². The van der Waals surface area contributed by atoms with Crippen molar-refractivity contribution in [3.63, 3.8) is 0 Å². The van der Waals surface area contributed by atoms with Crippen molar-refractivity contribution in [3.05, 3.63) is 114 Å². The Hall–Kier alpha value is -2.93. The molecule has 0 spiro atoms. The van der Waals surface area contributed by atoms with Crippen molar-refractivity contribution in [2.45, 2.75) is 6.54 Å². The predicted octanol–water partition coefficient (Wildman–Crippen LogP) is 5.39. The summed E-state index contributed by atoms with van der Waals surface area (Å²) in [6.45, 7) is 0.685. The number of aliphatic imine (C=N–C) groups is 1. The highest BCUT2D eigenvalue weighted by Gasteiger charge is 1.99. The van der Waals surface area contributed by atoms with E-state index in [9.17, 15) is 0 Å². The van der Waals surface area contributed by atoms with Crippen molar-refractivity contribution in [3.8, 4) is 0 Å². The normalized spacial score (nSPS) is 11.7. The Balaban J connectivity index is 1.86. The highest BCUT2D eigenvalue weighted by atomic mass is 14.7. The molecule has 3 aromatic rings. The first-order valence-corrected chi connectivity index (χ1v) is 7.79. The van der Waals surface area contributed by atoms with Crippen LogP contribution in [0, 0.1) is 0 Å². The lowest BCUT2D eigenvalue weighted by Crippen LogP contribution is -1.97. The molecule has 23 heavy (non-hydrogen) atoms. The van der Waals surface area contributed by atoms with E-state index in [2.05, 4.69) is 48.6 Å². The van der Waals surface area contributed by atoms with Crippen LogP contribution >= 0.6 is 0 Å². The van der Waals surface area contributed by atoms with Crippen LogP contribution in [-0.2, 0) is 6.54 Å². The van der Waals surface area contributed by atoms with E-state index in [-0.39, 0.29) is 0 Å². The van der Waals surface area contributed by atoms with E-state index in [1.165, 1.54) is 11.1 Å². The molecule has 0 radical (unpaired) electrons. The van der Waals surface area contributed by atoms with E-state index in [1.54, 1.807) is 0 Å². The van der Waals surface area contributed by atoms with E-state index < -0.39 is 0 Å². The van der Waals surface area contributed by atoms with Crippen LogP contribution in [0.1, 0.15) is 16.7 Å². The monoisotopic (exact) mass is 297 g/mol. The lowest BCUT2D eigenvalue weighted by Gasteiger charge is -2.03. The minimum Gasteiger partial charge on any atom is -0.280 e. The molecule has 0 aliphatic heterocycles. The summed E-state index contributed by atoms with van der Waals surface area (Å²) >= 11 is 0. The molecule has 1 heteroatoms. The Bertz CT molecular complexity index is 772. The third-order valence-corrected chi connectivity index (χ3v) is 3.58. The molecule has 1 nitrogen and oxygen atoms in total. The second-order valence-corrected chi connectivity index (χ2v) is 5.30. The molecular weight excluding hydrogens is 278 g/mol. The summed E-state index contributed by atoms with van der Waals surface area (Å²) in [5.74, 6) is 0. The van der Waals surface area contributed by atoms with Gasteiger partial charge in [0, 0.05) is 0 Å². The maximum Gasteiger partial charge on any atom is 0.0650 e. The van der Waals surface area contributed by atoms with E-state index in [1.807, 2.05) is 54.6 Å². The van der Waals surface area contributed by atoms with Crippen molar-refractivity contribution in [2.75, 3.05) is 0 Å². The molecule has 0 bridgehead atoms. The Kier molecular flexibility index (Phi) is 5.15. The van der Waals surface area contributed by atoms with Crippen LogP contribution in [0.3, 0.4) is 0 Å². The number of hydrogen-bond donors (Lipinski definition) is 0. The van der Waals surface area contributed by atoms with Gasteiger partial charge in [0.25, 0.3) is 0 Å². The summed E-state index contributed by atoms with van der Waals surface area (Å²) in [7, 11) is 0. The molecule has 0 aliphatic rings. The molecule has 0 atom stereocenters. The van der Waals surface area contributed by atoms with Crippen LogP contribution in [-0.4, -0.2) is 5.71 Å². The molecule has 0 saturated heterocycles. The second kappa shape index (κ2) is 7.90. The summed E-state index contributed by atoms with van der Waals surface area (Å²) in [5, 5.41) is 0. The first-order valence-electron chi connectivity index (χ1n) is 7.79. The minimum atomic E-state index is 0.685. The second-order valence-electron chi connectivity index (χ2n) is 5.30. The van der Waals surface area contributed by atoms with Crippen LogP contribution in [0.2, 0.25) is 0 Å². The summed E-state index contributed by atoms with van der Waals surface area (Å²) in [4.78, 5) is 4.81. The molecule has 0 N–H and O–H groups in total. The average molecular weight is 297 g/mol. The fraction of sp³-hybridized carbons (Fsp3) is 0.0455. The molecule has 3 rings (SSSR count). The smallest absolute Gasteiger partial charge is 0.0650 e. The van der Waals surface area contributed by atoms with Crippen LogP contribution in [0.15, 0.2) is 102 Å². The maximum absolute atomic E-state index is 4.81. The first kappa shape index (κ1) is 15.0. The fourth-order valence-electron chi connectivity index (χ4n) is 2.35. The zero-order chi connectivity index (χ0) is 15.7. The molecule has 0 aliphatic carbocycles. The zero-order valence-corrected chi connectivity index (χ0v) is 13.0. The molecule has 0 heterocycles. The van der Waals surface area contributed by atoms with Gasteiger partial charge < -0.3 is 0 Å². The standard InChI is InChI=1S/C22H19N/c1-4-10-19(11-5-1)16-17-22(21-14-8-3-9-15-21)23-18-20-12-6-2-7-13-20/h1-17H,18H2/b17-16+,23-22?. The van der Waals surface area contributed by atoms with Crippen LogP contribution in [0.5, 0.6) is 0 Å². The zero-order valence-electron chi connectivity index (χ0n) is 13.0. The number of benzene rings is 3. The maximum atomic E-state index is 4.81.